The molecule has 2 N–H and O–H groups in total. The second-order valence-electron chi connectivity index (χ2n) is 4.46. The summed E-state index contributed by atoms with van der Waals surface area (Å²) in [6, 6.07) is 8.34. The average molecular weight is 326 g/mol. The van der Waals surface area contributed by atoms with Crippen LogP contribution in [0.4, 0.5) is 11.4 Å². The summed E-state index contributed by atoms with van der Waals surface area (Å²) < 4.78 is 27.4. The van der Waals surface area contributed by atoms with Crippen LogP contribution in [0.15, 0.2) is 41.6 Å². The Morgan fingerprint density at radius 2 is 2.05 bits per heavy atom. The Morgan fingerprint density at radius 1 is 1.29 bits per heavy atom. The topological polar surface area (TPSA) is 71.1 Å². The van der Waals surface area contributed by atoms with Crippen molar-refractivity contribution in [1.82, 2.24) is 4.98 Å². The molecule has 0 aliphatic heterocycles. The number of nitrogens with zero attached hydrogens (tertiary/aromatic N) is 1. The van der Waals surface area contributed by atoms with Crippen LogP contribution in [0.2, 0.25) is 5.02 Å². The van der Waals surface area contributed by atoms with Gasteiger partial charge in [-0.1, -0.05) is 17.7 Å². The molecule has 0 amide bonds. The van der Waals surface area contributed by atoms with E-state index >= 15 is 0 Å². The van der Waals surface area contributed by atoms with Gasteiger partial charge in [0, 0.05) is 17.8 Å². The summed E-state index contributed by atoms with van der Waals surface area (Å²) in [4.78, 5) is 3.96. The van der Waals surface area contributed by atoms with Gasteiger partial charge in [-0.25, -0.2) is 4.98 Å². The summed E-state index contributed by atoms with van der Waals surface area (Å²) in [5.41, 5.74) is 1.75. The number of hydrogen-bond acceptors (Lipinski definition) is 4. The highest BCUT2D eigenvalue weighted by Gasteiger charge is 2.20. The number of halogens is 1. The molecule has 0 aliphatic carbocycles. The van der Waals surface area contributed by atoms with Crippen LogP contribution >= 0.6 is 11.6 Å². The zero-order valence-corrected chi connectivity index (χ0v) is 13.3. The molecule has 2 rings (SSSR count). The van der Waals surface area contributed by atoms with Gasteiger partial charge in [0.25, 0.3) is 10.0 Å². The summed E-state index contributed by atoms with van der Waals surface area (Å²) in [6.45, 7) is 4.34. The smallest absolute Gasteiger partial charge is 0.281 e. The minimum Gasteiger partial charge on any atom is -0.383 e. The maximum atomic E-state index is 12.4. The Hall–Kier alpha value is -1.79. The molecule has 0 aliphatic rings. The third-order valence-electron chi connectivity index (χ3n) is 2.82. The number of benzene rings is 1. The maximum Gasteiger partial charge on any atom is 0.281 e. The summed E-state index contributed by atoms with van der Waals surface area (Å²) in [6.07, 6.45) is 1.44. The Labute approximate surface area is 129 Å². The first kappa shape index (κ1) is 15.6. The monoisotopic (exact) mass is 325 g/mol. The molecule has 0 bridgehead atoms. The lowest BCUT2D eigenvalue weighted by atomic mass is 10.2. The van der Waals surface area contributed by atoms with Gasteiger partial charge >= 0.3 is 0 Å². The lowest BCUT2D eigenvalue weighted by Crippen LogP contribution is -2.17. The zero-order chi connectivity index (χ0) is 15.5. The number of nitrogens with one attached hydrogen (secondary N) is 2. The predicted molar refractivity (Wildman–Crippen MR) is 85.4 cm³/mol. The number of aromatic nitrogens is 1. The van der Waals surface area contributed by atoms with Crippen LogP contribution < -0.4 is 10.0 Å². The van der Waals surface area contributed by atoms with Gasteiger partial charge in [-0.3, -0.25) is 4.72 Å². The first-order valence-electron chi connectivity index (χ1n) is 6.42. The number of aryl methyl sites for hydroxylation is 1. The van der Waals surface area contributed by atoms with E-state index in [0.717, 1.165) is 5.56 Å². The third kappa shape index (κ3) is 3.65. The minimum absolute atomic E-state index is 0.0384. The van der Waals surface area contributed by atoms with Crippen molar-refractivity contribution in [1.29, 1.82) is 0 Å². The molecule has 1 heterocycles. The molecular formula is C14H16ClN3O2S. The standard InChI is InChI=1S/C14H16ClN3O2S/c1-3-16-13-5-4-8-17-14(13)21(19,20)18-11-7-6-10(2)12(15)9-11/h4-9,16,18H,3H2,1-2H3. The van der Waals surface area contributed by atoms with Crippen molar-refractivity contribution >= 4 is 33.0 Å². The molecule has 21 heavy (non-hydrogen) atoms. The highest BCUT2D eigenvalue weighted by molar-refractivity contribution is 7.92. The third-order valence-corrected chi connectivity index (χ3v) is 4.56. The molecule has 0 atom stereocenters. The van der Waals surface area contributed by atoms with Gasteiger partial charge in [-0.05, 0) is 43.7 Å². The Kier molecular flexibility index (Phi) is 4.69. The molecular weight excluding hydrogens is 310 g/mol. The molecule has 0 saturated heterocycles. The fraction of sp³-hybridized carbons (Fsp3) is 0.214. The Balaban J connectivity index is 2.36. The van der Waals surface area contributed by atoms with Crippen molar-refractivity contribution in [3.8, 4) is 0 Å². The van der Waals surface area contributed by atoms with Gasteiger partial charge in [0.15, 0.2) is 5.03 Å². The number of hydrogen-bond donors (Lipinski definition) is 2. The molecule has 0 radical (unpaired) electrons. The minimum atomic E-state index is -3.78. The Bertz CT molecular complexity index is 748. The van der Waals surface area contributed by atoms with E-state index in [1.807, 2.05) is 13.8 Å². The Morgan fingerprint density at radius 3 is 2.71 bits per heavy atom. The van der Waals surface area contributed by atoms with Crippen molar-refractivity contribution in [2.24, 2.45) is 0 Å². The normalized spacial score (nSPS) is 11.2. The molecule has 112 valence electrons. The van der Waals surface area contributed by atoms with Crippen LogP contribution in [-0.4, -0.2) is 19.9 Å². The van der Waals surface area contributed by atoms with Crippen LogP contribution in [0.3, 0.4) is 0 Å². The second kappa shape index (κ2) is 6.32. The number of rotatable bonds is 5. The molecule has 0 unspecified atom stereocenters. The van der Waals surface area contributed by atoms with E-state index in [4.69, 9.17) is 11.6 Å². The molecule has 7 heteroatoms. The van der Waals surface area contributed by atoms with Crippen molar-refractivity contribution in [3.05, 3.63) is 47.1 Å². The maximum absolute atomic E-state index is 12.4. The summed E-state index contributed by atoms with van der Waals surface area (Å²) in [7, 11) is -3.78. The SMILES string of the molecule is CCNc1cccnc1S(=O)(=O)Nc1ccc(C)c(Cl)c1. The first-order valence-corrected chi connectivity index (χ1v) is 8.28. The quantitative estimate of drug-likeness (QED) is 0.885. The molecule has 1 aromatic carbocycles. The van der Waals surface area contributed by atoms with Gasteiger partial charge in [-0.15, -0.1) is 0 Å². The van der Waals surface area contributed by atoms with Crippen molar-refractivity contribution in [2.75, 3.05) is 16.6 Å². The lowest BCUT2D eigenvalue weighted by molar-refractivity contribution is 0.598. The van der Waals surface area contributed by atoms with Crippen molar-refractivity contribution in [2.45, 2.75) is 18.9 Å². The largest absolute Gasteiger partial charge is 0.383 e. The fourth-order valence-corrected chi connectivity index (χ4v) is 3.13. The van der Waals surface area contributed by atoms with E-state index in [1.54, 1.807) is 30.3 Å². The van der Waals surface area contributed by atoms with Crippen LogP contribution in [-0.2, 0) is 10.0 Å². The molecule has 1 aromatic heterocycles. The van der Waals surface area contributed by atoms with Gasteiger partial charge in [0.1, 0.15) is 0 Å². The predicted octanol–water partition coefficient (Wildman–Crippen LogP) is 3.28. The first-order chi connectivity index (χ1) is 9.94. The van der Waals surface area contributed by atoms with Crippen molar-refractivity contribution in [3.63, 3.8) is 0 Å². The summed E-state index contributed by atoms with van der Waals surface area (Å²) >= 11 is 6.01. The van der Waals surface area contributed by atoms with Gasteiger partial charge in [0.2, 0.25) is 0 Å². The fourth-order valence-electron chi connectivity index (χ4n) is 1.79. The van der Waals surface area contributed by atoms with Crippen molar-refractivity contribution < 1.29 is 8.42 Å². The summed E-state index contributed by atoms with van der Waals surface area (Å²) in [5.74, 6) is 0. The number of sulfonamides is 1. The number of pyridine rings is 1. The van der Waals surface area contributed by atoms with E-state index in [0.29, 0.717) is 22.9 Å². The van der Waals surface area contributed by atoms with Crippen LogP contribution in [0.1, 0.15) is 12.5 Å². The molecule has 0 fully saturated rings. The van der Waals surface area contributed by atoms with Gasteiger partial charge < -0.3 is 5.32 Å². The van der Waals surface area contributed by atoms with E-state index in [1.165, 1.54) is 6.20 Å². The molecule has 0 spiro atoms. The van der Waals surface area contributed by atoms with E-state index in [9.17, 15) is 8.42 Å². The highest BCUT2D eigenvalue weighted by Crippen LogP contribution is 2.24. The summed E-state index contributed by atoms with van der Waals surface area (Å²) in [5, 5.41) is 3.45. The number of anilines is 2. The van der Waals surface area contributed by atoms with Crippen LogP contribution in [0, 0.1) is 6.92 Å². The van der Waals surface area contributed by atoms with Crippen LogP contribution in [0.25, 0.3) is 0 Å². The zero-order valence-electron chi connectivity index (χ0n) is 11.7. The molecule has 5 nitrogen and oxygen atoms in total. The highest BCUT2D eigenvalue weighted by atomic mass is 35.5. The second-order valence-corrected chi connectivity index (χ2v) is 6.46. The lowest BCUT2D eigenvalue weighted by Gasteiger charge is -2.12. The van der Waals surface area contributed by atoms with E-state index in [-0.39, 0.29) is 5.03 Å². The molecule has 0 saturated carbocycles. The van der Waals surface area contributed by atoms with Gasteiger partial charge in [-0.2, -0.15) is 8.42 Å². The van der Waals surface area contributed by atoms with Gasteiger partial charge in [0.05, 0.1) is 11.4 Å². The van der Waals surface area contributed by atoms with Crippen LogP contribution in [0.5, 0.6) is 0 Å². The molecule has 2 aromatic rings. The van der Waals surface area contributed by atoms with E-state index in [2.05, 4.69) is 15.0 Å². The van der Waals surface area contributed by atoms with E-state index < -0.39 is 10.0 Å². The average Bonchev–Trinajstić information content (AvgIpc) is 2.43.